The largest absolute Gasteiger partial charge is 0.388 e. The average Bonchev–Trinajstić information content (AvgIpc) is 2.97. The Morgan fingerprint density at radius 1 is 0.912 bits per heavy atom. The van der Waals surface area contributed by atoms with Gasteiger partial charge >= 0.3 is 7.60 Å². The lowest BCUT2D eigenvalue weighted by Crippen LogP contribution is -2.52. The Balaban J connectivity index is 3.35. The Morgan fingerprint density at radius 3 is 1.79 bits per heavy atom. The third-order valence-corrected chi connectivity index (χ3v) is 13.7. The minimum atomic E-state index is -4.53. The van der Waals surface area contributed by atoms with Crippen molar-refractivity contribution >= 4 is 22.8 Å². The normalized spacial score (nSPS) is 34.1. The van der Waals surface area contributed by atoms with E-state index in [4.69, 9.17) is 21.6 Å². The van der Waals surface area contributed by atoms with Crippen LogP contribution in [0.1, 0.15) is 87.5 Å². The molecule has 6 unspecified atom stereocenters. The Morgan fingerprint density at radius 2 is 1.44 bits per heavy atom. The van der Waals surface area contributed by atoms with E-state index in [9.17, 15) is 29.3 Å². The molecule has 0 aromatic carbocycles. The van der Waals surface area contributed by atoms with E-state index >= 15 is 0 Å². The van der Waals surface area contributed by atoms with Crippen molar-refractivity contribution in [2.24, 2.45) is 0 Å². The monoisotopic (exact) mass is 526 g/mol. The molecule has 10 atom stereocenters. The first kappa shape index (κ1) is 32.3. The molecule has 200 valence electrons. The number of rotatable bonds is 13. The SMILES string of the molecule is [B][C@@H]1O[C@H](CC(C)(CC)OP(C)(=O)C(C)(CC)C(C)(CC)OP(=O)(O)C(C)(O)CC)[C@@H](O)[C@H]1O. The third kappa shape index (κ3) is 6.03. The molecule has 0 spiro atoms. The van der Waals surface area contributed by atoms with Gasteiger partial charge in [-0.1, -0.05) is 27.7 Å². The maximum Gasteiger partial charge on any atom is 0.359 e. The fourth-order valence-electron chi connectivity index (χ4n) is 4.34. The van der Waals surface area contributed by atoms with Crippen LogP contribution in [0.5, 0.6) is 0 Å². The molecule has 0 bridgehead atoms. The topological polar surface area (TPSA) is 143 Å². The van der Waals surface area contributed by atoms with Gasteiger partial charge in [0.1, 0.15) is 14.0 Å². The standard InChI is InChI=1S/C22H45BO9P2/c1-10-19(5,14-15-16(24)17(25)18(23)30-15)31-33(9,27)21(7,12-3)20(6,11-2)32-34(28,29)22(8,26)13-4/h15-18,24-26H,10-14H2,1-9H3,(H,28,29)/t15-,16-,17-,18-,19?,20?,21?,22?,33?/m1/s1. The van der Waals surface area contributed by atoms with Crippen molar-refractivity contribution in [3.63, 3.8) is 0 Å². The summed E-state index contributed by atoms with van der Waals surface area (Å²) < 4.78 is 45.0. The molecule has 12 heteroatoms. The molecule has 2 radical (unpaired) electrons. The van der Waals surface area contributed by atoms with Gasteiger partial charge in [-0.25, -0.2) is 0 Å². The van der Waals surface area contributed by atoms with E-state index in [0.717, 1.165) is 0 Å². The minimum absolute atomic E-state index is 0.00466. The number of hydrogen-bond donors (Lipinski definition) is 4. The van der Waals surface area contributed by atoms with Crippen molar-refractivity contribution in [3.05, 3.63) is 0 Å². The first-order valence-corrected chi connectivity index (χ1v) is 15.7. The van der Waals surface area contributed by atoms with Crippen molar-refractivity contribution in [2.45, 2.75) is 134 Å². The van der Waals surface area contributed by atoms with Crippen LogP contribution >= 0.6 is 15.0 Å². The highest BCUT2D eigenvalue weighted by Gasteiger charge is 2.60. The molecule has 0 saturated carbocycles. The summed E-state index contributed by atoms with van der Waals surface area (Å²) in [4.78, 5) is 10.7. The first-order valence-electron chi connectivity index (χ1n) is 12.0. The van der Waals surface area contributed by atoms with E-state index in [-0.39, 0.29) is 19.3 Å². The maximum absolute atomic E-state index is 14.3. The molecule has 1 fully saturated rings. The van der Waals surface area contributed by atoms with Gasteiger partial charge in [0.15, 0.2) is 5.34 Å². The summed E-state index contributed by atoms with van der Waals surface area (Å²) in [5.74, 6) is 0. The molecule has 0 aromatic rings. The zero-order chi connectivity index (χ0) is 27.0. The number of ether oxygens (including phenoxy) is 1. The predicted molar refractivity (Wildman–Crippen MR) is 134 cm³/mol. The highest BCUT2D eigenvalue weighted by atomic mass is 31.2. The van der Waals surface area contributed by atoms with Gasteiger partial charge in [0, 0.05) is 19.1 Å². The Labute approximate surface area is 206 Å². The second-order valence-electron chi connectivity index (χ2n) is 10.5. The Kier molecular flexibility index (Phi) is 10.4. The van der Waals surface area contributed by atoms with E-state index in [1.165, 1.54) is 13.6 Å². The highest BCUT2D eigenvalue weighted by molar-refractivity contribution is 7.60. The summed E-state index contributed by atoms with van der Waals surface area (Å²) in [7, 11) is -2.44. The first-order chi connectivity index (χ1) is 15.2. The Hall–Kier alpha value is 0.245. The molecule has 1 rings (SSSR count). The predicted octanol–water partition coefficient (Wildman–Crippen LogP) is 3.74. The van der Waals surface area contributed by atoms with Gasteiger partial charge in [-0.15, -0.1) is 0 Å². The van der Waals surface area contributed by atoms with Crippen molar-refractivity contribution < 1.29 is 43.1 Å². The molecule has 1 saturated heterocycles. The van der Waals surface area contributed by atoms with Crippen LogP contribution in [0, 0.1) is 0 Å². The third-order valence-electron chi connectivity index (χ3n) is 8.18. The van der Waals surface area contributed by atoms with Gasteiger partial charge in [-0.3, -0.25) is 13.7 Å². The summed E-state index contributed by atoms with van der Waals surface area (Å²) in [6, 6.07) is -1.03. The smallest absolute Gasteiger partial charge is 0.359 e. The second kappa shape index (κ2) is 10.9. The zero-order valence-electron chi connectivity index (χ0n) is 22.1. The van der Waals surface area contributed by atoms with Crippen LogP contribution in [0.3, 0.4) is 0 Å². The zero-order valence-corrected chi connectivity index (χ0v) is 23.9. The molecule has 0 aliphatic carbocycles. The number of aliphatic hydroxyl groups is 3. The molecule has 34 heavy (non-hydrogen) atoms. The minimum Gasteiger partial charge on any atom is -0.388 e. The maximum atomic E-state index is 14.3. The average molecular weight is 526 g/mol. The molecule has 4 N–H and O–H groups in total. The molecule has 0 aromatic heterocycles. The lowest BCUT2D eigenvalue weighted by atomic mass is 9.85. The molecule has 1 heterocycles. The summed E-state index contributed by atoms with van der Waals surface area (Å²) >= 11 is 0. The summed E-state index contributed by atoms with van der Waals surface area (Å²) in [6.07, 6.45) is -2.19. The Bertz CT molecular complexity index is 796. The van der Waals surface area contributed by atoms with E-state index in [1.54, 1.807) is 41.5 Å². The molecule has 9 nitrogen and oxygen atoms in total. The molecule has 0 amide bonds. The molecule has 1 aliphatic heterocycles. The van der Waals surface area contributed by atoms with Crippen LogP contribution < -0.4 is 0 Å². The fourth-order valence-corrected chi connectivity index (χ4v) is 8.77. The van der Waals surface area contributed by atoms with Crippen molar-refractivity contribution in [3.8, 4) is 0 Å². The van der Waals surface area contributed by atoms with Crippen LogP contribution in [0.25, 0.3) is 0 Å². The van der Waals surface area contributed by atoms with Crippen molar-refractivity contribution in [1.82, 2.24) is 0 Å². The van der Waals surface area contributed by atoms with Crippen LogP contribution in [-0.2, 0) is 22.9 Å². The van der Waals surface area contributed by atoms with E-state index < -0.39 is 61.0 Å². The van der Waals surface area contributed by atoms with Crippen molar-refractivity contribution in [1.29, 1.82) is 0 Å². The molecular formula is C22H45BO9P2. The van der Waals surface area contributed by atoms with Crippen LogP contribution in [0.2, 0.25) is 0 Å². The van der Waals surface area contributed by atoms with E-state index in [0.29, 0.717) is 12.8 Å². The number of hydrogen-bond acceptors (Lipinski definition) is 8. The van der Waals surface area contributed by atoms with Crippen LogP contribution in [-0.4, -0.2) is 80.7 Å². The highest BCUT2D eigenvalue weighted by Crippen LogP contribution is 2.69. The van der Waals surface area contributed by atoms with Gasteiger partial charge in [0.05, 0.1) is 28.6 Å². The van der Waals surface area contributed by atoms with Crippen LogP contribution in [0.4, 0.5) is 0 Å². The van der Waals surface area contributed by atoms with Crippen molar-refractivity contribution in [2.75, 3.05) is 6.66 Å². The molecule has 1 aliphatic rings. The summed E-state index contributed by atoms with van der Waals surface area (Å²) in [6.45, 7) is 14.8. The fraction of sp³-hybridized carbons (Fsp3) is 1.00. The molecular weight excluding hydrogens is 481 g/mol. The number of aliphatic hydroxyl groups excluding tert-OH is 2. The summed E-state index contributed by atoms with van der Waals surface area (Å²) in [5.41, 5.74) is -2.41. The van der Waals surface area contributed by atoms with E-state index in [1.807, 2.05) is 6.92 Å². The van der Waals surface area contributed by atoms with Gasteiger partial charge < -0.3 is 29.5 Å². The lowest BCUT2D eigenvalue weighted by Gasteiger charge is -2.51. The van der Waals surface area contributed by atoms with Gasteiger partial charge in [-0.2, -0.15) is 0 Å². The van der Waals surface area contributed by atoms with Crippen LogP contribution in [0.15, 0.2) is 0 Å². The van der Waals surface area contributed by atoms with E-state index in [2.05, 4.69) is 0 Å². The lowest BCUT2D eigenvalue weighted by molar-refractivity contribution is -0.0399. The summed E-state index contributed by atoms with van der Waals surface area (Å²) in [5, 5.41) is 27.6. The van der Waals surface area contributed by atoms with Gasteiger partial charge in [0.25, 0.3) is 0 Å². The van der Waals surface area contributed by atoms with Gasteiger partial charge in [-0.05, 0) is 53.4 Å². The quantitative estimate of drug-likeness (QED) is 0.209. The second-order valence-corrected chi connectivity index (χ2v) is 15.5. The van der Waals surface area contributed by atoms with Gasteiger partial charge in [0.2, 0.25) is 7.37 Å².